The van der Waals surface area contributed by atoms with Gasteiger partial charge in [-0.2, -0.15) is 0 Å². The van der Waals surface area contributed by atoms with Crippen molar-refractivity contribution < 1.29 is 9.59 Å². The van der Waals surface area contributed by atoms with Crippen molar-refractivity contribution in [2.45, 2.75) is 46.5 Å². The highest BCUT2D eigenvalue weighted by atomic mass is 16.2. The molecule has 0 heterocycles. The number of nitrogens with one attached hydrogen (secondary N) is 1. The summed E-state index contributed by atoms with van der Waals surface area (Å²) in [6, 6.07) is 0. The molecule has 0 rings (SSSR count). The van der Waals surface area contributed by atoms with Crippen LogP contribution in [-0.4, -0.2) is 43.9 Å². The second-order valence-corrected chi connectivity index (χ2v) is 6.42. The van der Waals surface area contributed by atoms with Crippen LogP contribution in [0.5, 0.6) is 0 Å². The van der Waals surface area contributed by atoms with Gasteiger partial charge in [-0.25, -0.2) is 0 Å². The predicted octanol–water partition coefficient (Wildman–Crippen LogP) is 1.37. The van der Waals surface area contributed by atoms with E-state index in [1.807, 2.05) is 0 Å². The minimum Gasteiger partial charge on any atom is -0.359 e. The van der Waals surface area contributed by atoms with Crippen molar-refractivity contribution in [3.63, 3.8) is 0 Å². The van der Waals surface area contributed by atoms with Crippen LogP contribution < -0.4 is 11.1 Å². The SMILES string of the molecule is CNC(=O)CCN(C)C(=O)CCC(CCN)C(C)(C)C. The zero-order valence-corrected chi connectivity index (χ0v) is 13.7. The van der Waals surface area contributed by atoms with Gasteiger partial charge in [-0.1, -0.05) is 20.8 Å². The molecule has 1 atom stereocenters. The number of rotatable bonds is 8. The predicted molar refractivity (Wildman–Crippen MR) is 82.2 cm³/mol. The van der Waals surface area contributed by atoms with E-state index in [2.05, 4.69) is 26.1 Å². The van der Waals surface area contributed by atoms with Gasteiger partial charge in [0.15, 0.2) is 0 Å². The lowest BCUT2D eigenvalue weighted by Crippen LogP contribution is -2.32. The Kier molecular flexibility index (Phi) is 8.46. The Morgan fingerprint density at radius 2 is 1.80 bits per heavy atom. The first kappa shape index (κ1) is 18.9. The summed E-state index contributed by atoms with van der Waals surface area (Å²) in [5.74, 6) is 0.504. The fraction of sp³-hybridized carbons (Fsp3) is 0.867. The molecule has 0 spiro atoms. The molecule has 0 aliphatic rings. The maximum Gasteiger partial charge on any atom is 0.222 e. The van der Waals surface area contributed by atoms with Crippen LogP contribution in [0.15, 0.2) is 0 Å². The molecular formula is C15H31N3O2. The van der Waals surface area contributed by atoms with Crippen LogP contribution in [0.2, 0.25) is 0 Å². The van der Waals surface area contributed by atoms with E-state index >= 15 is 0 Å². The lowest BCUT2D eigenvalue weighted by Gasteiger charge is -2.31. The van der Waals surface area contributed by atoms with Crippen molar-refractivity contribution in [2.24, 2.45) is 17.1 Å². The number of nitrogens with two attached hydrogens (primary N) is 1. The maximum absolute atomic E-state index is 12.0. The molecule has 1 unspecified atom stereocenters. The van der Waals surface area contributed by atoms with E-state index in [0.29, 0.717) is 31.8 Å². The summed E-state index contributed by atoms with van der Waals surface area (Å²) in [7, 11) is 3.35. The quantitative estimate of drug-likeness (QED) is 0.707. The van der Waals surface area contributed by atoms with Gasteiger partial charge in [-0.05, 0) is 30.7 Å². The smallest absolute Gasteiger partial charge is 0.222 e. The minimum absolute atomic E-state index is 0.0413. The summed E-state index contributed by atoms with van der Waals surface area (Å²) in [6.07, 6.45) is 2.67. The first-order chi connectivity index (χ1) is 9.22. The summed E-state index contributed by atoms with van der Waals surface area (Å²) in [6.45, 7) is 7.69. The van der Waals surface area contributed by atoms with Gasteiger partial charge in [0.25, 0.3) is 0 Å². The van der Waals surface area contributed by atoms with Gasteiger partial charge in [0.1, 0.15) is 0 Å². The number of amides is 2. The third-order valence-electron chi connectivity index (χ3n) is 3.83. The summed E-state index contributed by atoms with van der Waals surface area (Å²) in [4.78, 5) is 24.8. The molecule has 5 heteroatoms. The molecule has 0 aliphatic heterocycles. The normalized spacial score (nSPS) is 12.9. The van der Waals surface area contributed by atoms with Gasteiger partial charge in [0.05, 0.1) is 0 Å². The molecule has 20 heavy (non-hydrogen) atoms. The van der Waals surface area contributed by atoms with Gasteiger partial charge in [-0.3, -0.25) is 9.59 Å². The minimum atomic E-state index is -0.0413. The monoisotopic (exact) mass is 285 g/mol. The van der Waals surface area contributed by atoms with E-state index in [0.717, 1.165) is 12.8 Å². The number of hydrogen-bond acceptors (Lipinski definition) is 3. The molecule has 0 aromatic heterocycles. The zero-order valence-electron chi connectivity index (χ0n) is 13.7. The van der Waals surface area contributed by atoms with Gasteiger partial charge in [-0.15, -0.1) is 0 Å². The van der Waals surface area contributed by atoms with Crippen LogP contribution in [0, 0.1) is 11.3 Å². The second kappa shape index (κ2) is 8.95. The molecule has 0 saturated heterocycles. The van der Waals surface area contributed by atoms with Crippen molar-refractivity contribution in [2.75, 3.05) is 27.2 Å². The van der Waals surface area contributed by atoms with Crippen molar-refractivity contribution >= 4 is 11.8 Å². The molecule has 118 valence electrons. The molecule has 0 radical (unpaired) electrons. The highest BCUT2D eigenvalue weighted by molar-refractivity contribution is 5.78. The van der Waals surface area contributed by atoms with Crippen LogP contribution in [0.1, 0.15) is 46.5 Å². The Labute approximate surface area is 123 Å². The average molecular weight is 285 g/mol. The van der Waals surface area contributed by atoms with E-state index in [-0.39, 0.29) is 17.2 Å². The topological polar surface area (TPSA) is 75.4 Å². The Morgan fingerprint density at radius 1 is 1.20 bits per heavy atom. The standard InChI is InChI=1S/C15H31N3O2/c1-15(2,3)12(8-10-16)6-7-14(20)18(5)11-9-13(19)17-4/h12H,6-11,16H2,1-5H3,(H,17,19). The van der Waals surface area contributed by atoms with Gasteiger partial charge < -0.3 is 16.0 Å². The van der Waals surface area contributed by atoms with E-state index in [4.69, 9.17) is 5.73 Å². The van der Waals surface area contributed by atoms with Crippen LogP contribution in [0.4, 0.5) is 0 Å². The average Bonchev–Trinajstić information content (AvgIpc) is 2.38. The third kappa shape index (κ3) is 7.48. The van der Waals surface area contributed by atoms with Gasteiger partial charge in [0.2, 0.25) is 11.8 Å². The van der Waals surface area contributed by atoms with Crippen LogP contribution in [-0.2, 0) is 9.59 Å². The molecule has 2 amide bonds. The number of nitrogens with zero attached hydrogens (tertiary/aromatic N) is 1. The Hall–Kier alpha value is -1.10. The molecule has 0 bridgehead atoms. The summed E-state index contributed by atoms with van der Waals surface area (Å²) in [5.41, 5.74) is 5.82. The first-order valence-corrected chi connectivity index (χ1v) is 7.37. The zero-order chi connectivity index (χ0) is 15.8. The molecule has 0 aliphatic carbocycles. The Morgan fingerprint density at radius 3 is 2.25 bits per heavy atom. The molecule has 3 N–H and O–H groups in total. The van der Waals surface area contributed by atoms with Gasteiger partial charge in [0, 0.05) is 33.5 Å². The van der Waals surface area contributed by atoms with E-state index < -0.39 is 0 Å². The van der Waals surface area contributed by atoms with Crippen LogP contribution >= 0.6 is 0 Å². The maximum atomic E-state index is 12.0. The van der Waals surface area contributed by atoms with Crippen molar-refractivity contribution in [1.29, 1.82) is 0 Å². The third-order valence-corrected chi connectivity index (χ3v) is 3.83. The van der Waals surface area contributed by atoms with E-state index in [9.17, 15) is 9.59 Å². The number of carbonyl (C=O) groups is 2. The van der Waals surface area contributed by atoms with Crippen LogP contribution in [0.3, 0.4) is 0 Å². The van der Waals surface area contributed by atoms with E-state index in [1.165, 1.54) is 0 Å². The molecule has 0 fully saturated rings. The van der Waals surface area contributed by atoms with Crippen molar-refractivity contribution in [1.82, 2.24) is 10.2 Å². The van der Waals surface area contributed by atoms with Crippen molar-refractivity contribution in [3.05, 3.63) is 0 Å². The molecular weight excluding hydrogens is 254 g/mol. The van der Waals surface area contributed by atoms with Gasteiger partial charge >= 0.3 is 0 Å². The highest BCUT2D eigenvalue weighted by Crippen LogP contribution is 2.32. The fourth-order valence-electron chi connectivity index (χ4n) is 2.22. The first-order valence-electron chi connectivity index (χ1n) is 7.37. The fourth-order valence-corrected chi connectivity index (χ4v) is 2.22. The Bertz CT molecular complexity index is 311. The summed E-state index contributed by atoms with van der Waals surface area (Å²) < 4.78 is 0. The largest absolute Gasteiger partial charge is 0.359 e. The number of hydrogen-bond donors (Lipinski definition) is 2. The summed E-state index contributed by atoms with van der Waals surface area (Å²) in [5, 5.41) is 2.56. The number of carbonyl (C=O) groups excluding carboxylic acids is 2. The lowest BCUT2D eigenvalue weighted by atomic mass is 9.76. The lowest BCUT2D eigenvalue weighted by molar-refractivity contribution is -0.131. The molecule has 5 nitrogen and oxygen atoms in total. The molecule has 0 saturated carbocycles. The second-order valence-electron chi connectivity index (χ2n) is 6.42. The Balaban J connectivity index is 4.21. The van der Waals surface area contributed by atoms with Crippen molar-refractivity contribution in [3.8, 4) is 0 Å². The summed E-state index contributed by atoms with van der Waals surface area (Å²) >= 11 is 0. The molecule has 0 aromatic carbocycles. The highest BCUT2D eigenvalue weighted by Gasteiger charge is 2.24. The van der Waals surface area contributed by atoms with Crippen LogP contribution in [0.25, 0.3) is 0 Å². The molecule has 0 aromatic rings. The van der Waals surface area contributed by atoms with E-state index in [1.54, 1.807) is 19.0 Å².